The summed E-state index contributed by atoms with van der Waals surface area (Å²) in [6, 6.07) is 9.34. The van der Waals surface area contributed by atoms with Gasteiger partial charge in [-0.05, 0) is 67.7 Å². The van der Waals surface area contributed by atoms with E-state index in [9.17, 15) is 4.79 Å². The van der Waals surface area contributed by atoms with Gasteiger partial charge in [-0.1, -0.05) is 30.3 Å². The van der Waals surface area contributed by atoms with E-state index < -0.39 is 62.6 Å². The van der Waals surface area contributed by atoms with Crippen LogP contribution in [0.5, 0.6) is 11.5 Å². The van der Waals surface area contributed by atoms with Gasteiger partial charge in [-0.25, -0.2) is 0 Å². The van der Waals surface area contributed by atoms with E-state index in [0.29, 0.717) is 0 Å². The second-order valence-corrected chi connectivity index (χ2v) is 6.29. The Balaban J connectivity index is 1.91. The number of benzene rings is 2. The van der Waals surface area contributed by atoms with Gasteiger partial charge >= 0.3 is 0 Å². The smallest absolute Gasteiger partial charge is 0.166 e. The van der Waals surface area contributed by atoms with Gasteiger partial charge in [-0.15, -0.1) is 0 Å². The molecule has 4 rings (SSSR count). The van der Waals surface area contributed by atoms with Crippen LogP contribution in [0.1, 0.15) is 58.4 Å². The van der Waals surface area contributed by atoms with Gasteiger partial charge in [0, 0.05) is 35.8 Å². The summed E-state index contributed by atoms with van der Waals surface area (Å²) in [6.07, 6.45) is -11.8. The Morgan fingerprint density at radius 2 is 1.82 bits per heavy atom. The van der Waals surface area contributed by atoms with Crippen LogP contribution in [-0.2, 0) is 12.9 Å². The van der Waals surface area contributed by atoms with Gasteiger partial charge in [0.2, 0.25) is 0 Å². The van der Waals surface area contributed by atoms with Crippen LogP contribution in [-0.4, -0.2) is 37.9 Å². The lowest BCUT2D eigenvalue weighted by atomic mass is 9.85. The molecule has 0 bridgehead atoms. The van der Waals surface area contributed by atoms with E-state index in [4.69, 9.17) is 27.3 Å². The molecule has 28 heavy (non-hydrogen) atoms. The Bertz CT molecular complexity index is 1340. The third-order valence-electron chi connectivity index (χ3n) is 4.53. The van der Waals surface area contributed by atoms with Crippen LogP contribution in [0.3, 0.4) is 0 Å². The number of rotatable bonds is 6. The van der Waals surface area contributed by atoms with Crippen LogP contribution in [0.25, 0.3) is 0 Å². The lowest BCUT2D eigenvalue weighted by molar-refractivity contribution is 0.0895. The number of ketones is 1. The average Bonchev–Trinajstić information content (AvgIpc) is 3.22. The topological polar surface area (TPSA) is 38.8 Å². The lowest BCUT2D eigenvalue weighted by Gasteiger charge is -2.32. The van der Waals surface area contributed by atoms with E-state index in [1.807, 2.05) is 0 Å². The number of carbonyl (C=O) groups excluding carboxylic acids is 1. The number of likely N-dealkylation sites (tertiary alicyclic amines) is 1. The summed E-state index contributed by atoms with van der Waals surface area (Å²) in [6.45, 7) is -10.8. The molecule has 2 aromatic rings. The van der Waals surface area contributed by atoms with Crippen LogP contribution in [0.15, 0.2) is 42.5 Å². The minimum absolute atomic E-state index is 0.0369. The highest BCUT2D eigenvalue weighted by atomic mass is 16.5. The molecule has 1 saturated heterocycles. The van der Waals surface area contributed by atoms with Crippen molar-refractivity contribution in [2.75, 3.05) is 27.2 Å². The third-order valence-corrected chi connectivity index (χ3v) is 4.53. The Morgan fingerprint density at radius 3 is 2.50 bits per heavy atom. The summed E-state index contributed by atoms with van der Waals surface area (Å²) in [7, 11) is 2.65. The van der Waals surface area contributed by atoms with Gasteiger partial charge in [0.05, 0.1) is 14.2 Å². The molecule has 4 nitrogen and oxygen atoms in total. The first-order valence-electron chi connectivity index (χ1n) is 15.3. The largest absolute Gasteiger partial charge is 0.493 e. The van der Waals surface area contributed by atoms with E-state index in [0.717, 1.165) is 0 Å². The molecular weight excluding hydrogens is 350 g/mol. The third kappa shape index (κ3) is 3.93. The predicted octanol–water partition coefficient (Wildman–Crippen LogP) is 4.36. The minimum atomic E-state index is -3.93. The molecule has 1 unspecified atom stereocenters. The first-order chi connectivity index (χ1) is 18.6. The molecule has 2 aliphatic rings. The summed E-state index contributed by atoms with van der Waals surface area (Å²) in [5, 5.41) is 0. The number of fused-ring (bicyclic) bond motifs is 1. The van der Waals surface area contributed by atoms with Gasteiger partial charge in [0.15, 0.2) is 17.3 Å². The standard InChI is InChI=1S/C24H29NO3/c1-27-22-14-19-13-20(24(26)21(19)15-23(22)28-2)12-17-8-10-25(11-9-17)16-18-6-4-3-5-7-18/h3-7,14-15,17,20H,8-13,16H2,1-2H3/i8D2,9D2,10D2,11D2,12D2,16D2,17D. The van der Waals surface area contributed by atoms with Crippen LogP contribution >= 0.6 is 0 Å². The number of hydrogen-bond donors (Lipinski definition) is 0. The number of ether oxygens (including phenoxy) is 2. The molecule has 1 aliphatic carbocycles. The van der Waals surface area contributed by atoms with Crippen molar-refractivity contribution in [3.63, 3.8) is 0 Å². The molecule has 0 radical (unpaired) electrons. The molecule has 1 atom stereocenters. The van der Waals surface area contributed by atoms with Gasteiger partial charge in [0.25, 0.3) is 0 Å². The predicted molar refractivity (Wildman–Crippen MR) is 110 cm³/mol. The second-order valence-electron chi connectivity index (χ2n) is 6.29. The van der Waals surface area contributed by atoms with E-state index in [2.05, 4.69) is 0 Å². The lowest BCUT2D eigenvalue weighted by Crippen LogP contribution is -2.34. The van der Waals surface area contributed by atoms with Crippen molar-refractivity contribution < 1.29 is 32.1 Å². The molecule has 4 heteroatoms. The normalized spacial score (nSPS) is 36.4. The van der Waals surface area contributed by atoms with Crippen molar-refractivity contribution in [3.8, 4) is 11.5 Å². The molecule has 1 heterocycles. The SMILES string of the molecule is [2H]C([2H])(c1ccccc1)N1C([2H])([2H])C([2H])([2H])C([2H])(C([2H])([2H])C2Cc3cc(OC)c(OC)cc3C2=O)C([2H])([2H])C1([2H])[2H]. The molecule has 0 N–H and O–H groups in total. The molecule has 0 spiro atoms. The Kier molecular flexibility index (Phi) is 2.69. The zero-order valence-electron chi connectivity index (χ0n) is 28.5. The van der Waals surface area contributed by atoms with Crippen LogP contribution in [0.4, 0.5) is 0 Å². The number of Topliss-reactive ketones (excluding diaryl/α,β-unsaturated/α-hetero) is 1. The second kappa shape index (κ2) is 8.36. The van der Waals surface area contributed by atoms with E-state index in [1.54, 1.807) is 0 Å². The summed E-state index contributed by atoms with van der Waals surface area (Å²) >= 11 is 0. The van der Waals surface area contributed by atoms with E-state index in [1.165, 1.54) is 56.7 Å². The van der Waals surface area contributed by atoms with Crippen molar-refractivity contribution in [1.82, 2.24) is 4.90 Å². The fourth-order valence-electron chi connectivity index (χ4n) is 3.16. The molecule has 2 aromatic carbocycles. The number of piperidine rings is 1. The average molecular weight is 393 g/mol. The fraction of sp³-hybridized carbons (Fsp3) is 0.458. The summed E-state index contributed by atoms with van der Waals surface area (Å²) in [5.41, 5.74) is -0.107. The molecule has 0 saturated carbocycles. The van der Waals surface area contributed by atoms with Crippen LogP contribution in [0, 0.1) is 11.8 Å². The highest BCUT2D eigenvalue weighted by molar-refractivity contribution is 6.02. The van der Waals surface area contributed by atoms with Gasteiger partial charge < -0.3 is 9.47 Å². The van der Waals surface area contributed by atoms with Gasteiger partial charge in [-0.3, -0.25) is 9.69 Å². The molecule has 1 aliphatic heterocycles. The zero-order chi connectivity index (χ0) is 31.2. The van der Waals surface area contributed by atoms with Crippen molar-refractivity contribution >= 4 is 5.78 Å². The highest BCUT2D eigenvalue weighted by Crippen LogP contribution is 2.39. The highest BCUT2D eigenvalue weighted by Gasteiger charge is 2.34. The fourth-order valence-corrected chi connectivity index (χ4v) is 3.16. The molecule has 148 valence electrons. The number of hydrogen-bond acceptors (Lipinski definition) is 4. The van der Waals surface area contributed by atoms with Crippen molar-refractivity contribution in [1.29, 1.82) is 0 Å². The summed E-state index contributed by atoms with van der Waals surface area (Å²) in [5.74, 6) is -6.42. The molecule has 1 fully saturated rings. The quantitative estimate of drug-likeness (QED) is 0.732. The Labute approximate surface area is 185 Å². The van der Waals surface area contributed by atoms with E-state index >= 15 is 0 Å². The maximum atomic E-state index is 13.5. The van der Waals surface area contributed by atoms with Gasteiger partial charge in [-0.2, -0.15) is 0 Å². The Hall–Kier alpha value is -2.33. The van der Waals surface area contributed by atoms with Gasteiger partial charge in [0.1, 0.15) is 0 Å². The zero-order valence-corrected chi connectivity index (χ0v) is 15.5. The van der Waals surface area contributed by atoms with Crippen LogP contribution < -0.4 is 9.47 Å². The van der Waals surface area contributed by atoms with Crippen molar-refractivity contribution in [3.05, 3.63) is 59.2 Å². The summed E-state index contributed by atoms with van der Waals surface area (Å²) in [4.78, 5) is 13.3. The van der Waals surface area contributed by atoms with E-state index in [-0.39, 0.29) is 33.1 Å². The molecular formula is C24H29NO3. The number of nitrogens with zero attached hydrogens (tertiary/aromatic N) is 1. The first-order valence-corrected chi connectivity index (χ1v) is 8.75. The molecule has 0 aromatic heterocycles. The van der Waals surface area contributed by atoms with Crippen molar-refractivity contribution in [2.45, 2.75) is 32.0 Å². The molecule has 0 amide bonds. The summed E-state index contributed by atoms with van der Waals surface area (Å²) < 4.78 is 124. The number of methoxy groups -OCH3 is 2. The van der Waals surface area contributed by atoms with Crippen LogP contribution in [0.2, 0.25) is 0 Å². The maximum Gasteiger partial charge on any atom is 0.166 e. The number of carbonyl (C=O) groups is 1. The first kappa shape index (κ1) is 9.00. The maximum absolute atomic E-state index is 13.5. The minimum Gasteiger partial charge on any atom is -0.493 e. The monoisotopic (exact) mass is 392 g/mol. The van der Waals surface area contributed by atoms with Crippen molar-refractivity contribution in [2.24, 2.45) is 11.8 Å². The Morgan fingerprint density at radius 1 is 1.14 bits per heavy atom.